The summed E-state index contributed by atoms with van der Waals surface area (Å²) in [4.78, 5) is 14.9. The van der Waals surface area contributed by atoms with E-state index in [0.717, 1.165) is 34.0 Å². The third-order valence-electron chi connectivity index (χ3n) is 8.72. The van der Waals surface area contributed by atoms with Gasteiger partial charge in [-0.1, -0.05) is 72.8 Å². The zero-order valence-corrected chi connectivity index (χ0v) is 26.2. The summed E-state index contributed by atoms with van der Waals surface area (Å²) in [6, 6.07) is 54.8. The van der Waals surface area contributed by atoms with Gasteiger partial charge in [0.15, 0.2) is 5.82 Å². The average Bonchev–Trinajstić information content (AvgIpc) is 3.77. The second kappa shape index (κ2) is 12.0. The molecule has 8 heteroatoms. The predicted molar refractivity (Wildman–Crippen MR) is 195 cm³/mol. The minimum absolute atomic E-state index is 0.453. The minimum Gasteiger partial charge on any atom is -0.311 e. The second-order valence-corrected chi connectivity index (χ2v) is 11.6. The first-order valence-corrected chi connectivity index (χ1v) is 16.0. The van der Waals surface area contributed by atoms with Crippen molar-refractivity contribution in [1.29, 1.82) is 0 Å². The van der Waals surface area contributed by atoms with E-state index in [0.29, 0.717) is 17.5 Å². The lowest BCUT2D eigenvalue weighted by molar-refractivity contribution is 0.985. The summed E-state index contributed by atoms with van der Waals surface area (Å²) in [5.74, 6) is 1.69. The lowest BCUT2D eigenvalue weighted by atomic mass is 10.1. The molecular weight excluding hydrogens is 605 g/mol. The van der Waals surface area contributed by atoms with Gasteiger partial charge in [0.25, 0.3) is 0 Å². The number of hydrogen-bond acceptors (Lipinski definition) is 6. The first-order valence-electron chi connectivity index (χ1n) is 16.0. The van der Waals surface area contributed by atoms with E-state index in [-0.39, 0.29) is 0 Å². The maximum atomic E-state index is 4.60. The average molecular weight is 633 g/mol. The van der Waals surface area contributed by atoms with Crippen LogP contribution in [0.2, 0.25) is 0 Å². The van der Waals surface area contributed by atoms with Crippen molar-refractivity contribution in [2.24, 2.45) is 0 Å². The maximum Gasteiger partial charge on any atom is 0.206 e. The van der Waals surface area contributed by atoms with Crippen molar-refractivity contribution in [3.8, 4) is 34.4 Å². The first-order chi connectivity index (χ1) is 24.3. The molecule has 9 rings (SSSR count). The number of anilines is 3. The molecule has 0 fully saturated rings. The van der Waals surface area contributed by atoms with Crippen LogP contribution < -0.4 is 4.90 Å². The highest BCUT2D eigenvalue weighted by atomic mass is 15.3. The summed E-state index contributed by atoms with van der Waals surface area (Å²) >= 11 is 0. The Balaban J connectivity index is 1.12. The van der Waals surface area contributed by atoms with Gasteiger partial charge in [0.2, 0.25) is 11.6 Å². The molecule has 0 amide bonds. The Labute approximate surface area is 282 Å². The van der Waals surface area contributed by atoms with Crippen LogP contribution in [0.25, 0.3) is 56.2 Å². The molecule has 3 aromatic heterocycles. The van der Waals surface area contributed by atoms with Crippen molar-refractivity contribution in [2.75, 3.05) is 4.90 Å². The van der Waals surface area contributed by atoms with Crippen molar-refractivity contribution in [3.05, 3.63) is 170 Å². The zero-order valence-electron chi connectivity index (χ0n) is 26.2. The molecule has 0 saturated carbocycles. The third-order valence-corrected chi connectivity index (χ3v) is 8.72. The van der Waals surface area contributed by atoms with E-state index in [1.807, 2.05) is 41.0 Å². The van der Waals surface area contributed by atoms with Crippen molar-refractivity contribution in [3.63, 3.8) is 0 Å². The monoisotopic (exact) mass is 632 g/mol. The number of benzene rings is 6. The van der Waals surface area contributed by atoms with E-state index in [1.165, 1.54) is 34.5 Å². The van der Waals surface area contributed by atoms with E-state index < -0.39 is 0 Å². The van der Waals surface area contributed by atoms with Gasteiger partial charge in [-0.05, 0) is 84.9 Å². The Bertz CT molecular complexity index is 2470. The fraction of sp³-hybridized carbons (Fsp3) is 0. The van der Waals surface area contributed by atoms with E-state index >= 15 is 0 Å². The summed E-state index contributed by atoms with van der Waals surface area (Å²) in [5, 5.41) is 11.6. The molecule has 0 aliphatic rings. The molecule has 0 N–H and O–H groups in total. The van der Waals surface area contributed by atoms with Gasteiger partial charge in [-0.15, -0.1) is 10.2 Å². The molecule has 0 atom stereocenters. The predicted octanol–water partition coefficient (Wildman–Crippen LogP) is 9.35. The normalized spacial score (nSPS) is 11.3. The van der Waals surface area contributed by atoms with E-state index in [4.69, 9.17) is 0 Å². The van der Waals surface area contributed by atoms with Gasteiger partial charge >= 0.3 is 0 Å². The molecular formula is C41H28N8. The lowest BCUT2D eigenvalue weighted by Crippen LogP contribution is -2.10. The van der Waals surface area contributed by atoms with Crippen LogP contribution in [0.3, 0.4) is 0 Å². The molecule has 0 saturated heterocycles. The number of para-hydroxylation sites is 4. The fourth-order valence-electron chi connectivity index (χ4n) is 6.53. The first kappa shape index (κ1) is 28.3. The fourth-order valence-corrected chi connectivity index (χ4v) is 6.53. The van der Waals surface area contributed by atoms with Gasteiger partial charge in [-0.2, -0.15) is 0 Å². The highest BCUT2D eigenvalue weighted by molar-refractivity contribution is 6.09. The lowest BCUT2D eigenvalue weighted by Gasteiger charge is -2.26. The number of hydrogen-bond donors (Lipinski definition) is 0. The highest BCUT2D eigenvalue weighted by Gasteiger charge is 2.20. The van der Waals surface area contributed by atoms with Crippen LogP contribution in [-0.4, -0.2) is 34.3 Å². The Morgan fingerprint density at radius 1 is 0.408 bits per heavy atom. The molecule has 0 aliphatic heterocycles. The Hall–Kier alpha value is -6.93. The zero-order chi connectivity index (χ0) is 32.6. The summed E-state index contributed by atoms with van der Waals surface area (Å²) in [6.07, 6.45) is 2.93. The van der Waals surface area contributed by atoms with Gasteiger partial charge in [0, 0.05) is 44.8 Å². The van der Waals surface area contributed by atoms with E-state index in [9.17, 15) is 0 Å². The number of fused-ring (bicyclic) bond motifs is 3. The summed E-state index contributed by atoms with van der Waals surface area (Å²) in [7, 11) is 0. The highest BCUT2D eigenvalue weighted by Crippen LogP contribution is 2.38. The smallest absolute Gasteiger partial charge is 0.206 e. The van der Waals surface area contributed by atoms with Gasteiger partial charge < -0.3 is 9.47 Å². The van der Waals surface area contributed by atoms with Crippen LogP contribution in [-0.2, 0) is 0 Å². The molecule has 49 heavy (non-hydrogen) atoms. The minimum atomic E-state index is 0.453. The topological polar surface area (TPSA) is 77.6 Å². The second-order valence-electron chi connectivity index (χ2n) is 11.6. The van der Waals surface area contributed by atoms with Crippen molar-refractivity contribution in [1.82, 2.24) is 34.3 Å². The van der Waals surface area contributed by atoms with Crippen LogP contribution in [0.15, 0.2) is 170 Å². The molecule has 0 radical (unpaired) electrons. The Morgan fingerprint density at radius 2 is 0.898 bits per heavy atom. The largest absolute Gasteiger partial charge is 0.311 e. The van der Waals surface area contributed by atoms with E-state index in [1.54, 1.807) is 0 Å². The standard InChI is InChI=1S/C41H28N8/c1-3-11-30(12-4-1)47(33-23-25-34(26-24-33)48-37-17-9-7-15-35(37)36-16-8-10-18-38(36)48)32-21-19-29(20-22-32)40-45-46-41(39-43-27-42-28-44-39)49(40)31-13-5-2-6-14-31/h1-28H. The quantitative estimate of drug-likeness (QED) is 0.174. The molecule has 0 spiro atoms. The molecule has 0 bridgehead atoms. The van der Waals surface area contributed by atoms with Gasteiger partial charge in [0.05, 0.1) is 11.0 Å². The molecule has 3 heterocycles. The van der Waals surface area contributed by atoms with Crippen LogP contribution in [0.4, 0.5) is 17.1 Å². The molecule has 0 unspecified atom stereocenters. The van der Waals surface area contributed by atoms with Crippen LogP contribution >= 0.6 is 0 Å². The van der Waals surface area contributed by atoms with Crippen molar-refractivity contribution < 1.29 is 0 Å². The van der Waals surface area contributed by atoms with E-state index in [2.05, 4.69) is 156 Å². The molecule has 6 aromatic carbocycles. The molecule has 0 aliphatic carbocycles. The Morgan fingerprint density at radius 3 is 1.53 bits per heavy atom. The van der Waals surface area contributed by atoms with Crippen molar-refractivity contribution >= 4 is 38.9 Å². The maximum absolute atomic E-state index is 4.60. The summed E-state index contributed by atoms with van der Waals surface area (Å²) in [5.41, 5.74) is 8.44. The number of aromatic nitrogens is 7. The van der Waals surface area contributed by atoms with Crippen LogP contribution in [0.5, 0.6) is 0 Å². The third kappa shape index (κ3) is 4.99. The molecule has 232 valence electrons. The molecule has 8 nitrogen and oxygen atoms in total. The summed E-state index contributed by atoms with van der Waals surface area (Å²) in [6.45, 7) is 0. The van der Waals surface area contributed by atoms with Gasteiger partial charge in [0.1, 0.15) is 12.7 Å². The summed E-state index contributed by atoms with van der Waals surface area (Å²) < 4.78 is 4.32. The van der Waals surface area contributed by atoms with Gasteiger partial charge in [-0.3, -0.25) is 4.57 Å². The van der Waals surface area contributed by atoms with Crippen LogP contribution in [0.1, 0.15) is 0 Å². The number of nitrogens with zero attached hydrogens (tertiary/aromatic N) is 8. The SMILES string of the molecule is c1ccc(N(c2ccc(-c3nnc(-c4ncncn4)n3-c3ccccc3)cc2)c2ccc(-n3c4ccccc4c4ccccc43)cc2)cc1. The van der Waals surface area contributed by atoms with Crippen molar-refractivity contribution in [2.45, 2.75) is 0 Å². The number of rotatable bonds is 7. The van der Waals surface area contributed by atoms with Crippen LogP contribution in [0, 0.1) is 0 Å². The molecule has 9 aromatic rings. The Kier molecular flexibility index (Phi) is 6.94. The van der Waals surface area contributed by atoms with Gasteiger partial charge in [-0.25, -0.2) is 15.0 Å².